The lowest BCUT2D eigenvalue weighted by atomic mass is 10.0. The summed E-state index contributed by atoms with van der Waals surface area (Å²) in [5, 5.41) is 6.60. The average Bonchev–Trinajstić information content (AvgIpc) is 3.38. The van der Waals surface area contributed by atoms with Crippen molar-refractivity contribution in [3.05, 3.63) is 83.0 Å². The highest BCUT2D eigenvalue weighted by atomic mass is 32.2. The summed E-state index contributed by atoms with van der Waals surface area (Å²) in [6.07, 6.45) is 1.85. The van der Waals surface area contributed by atoms with Gasteiger partial charge in [0.15, 0.2) is 0 Å². The molecule has 170 valence electrons. The van der Waals surface area contributed by atoms with Crippen LogP contribution >= 0.6 is 11.3 Å². The third-order valence-corrected chi connectivity index (χ3v) is 8.54. The van der Waals surface area contributed by atoms with Gasteiger partial charge in [0, 0.05) is 5.56 Å². The molecule has 5 rings (SSSR count). The van der Waals surface area contributed by atoms with Gasteiger partial charge in [-0.15, -0.1) is 11.3 Å². The molecule has 0 unspecified atom stereocenters. The number of hydrogen-bond acceptors (Lipinski definition) is 5. The molecule has 33 heavy (non-hydrogen) atoms. The Kier molecular flexibility index (Phi) is 6.26. The predicted octanol–water partition coefficient (Wildman–Crippen LogP) is 3.74. The van der Waals surface area contributed by atoms with Gasteiger partial charge in [-0.25, -0.2) is 13.4 Å². The number of nitrogens with one attached hydrogen (secondary N) is 2. The normalized spacial score (nSPS) is 18.8. The first-order valence-corrected chi connectivity index (χ1v) is 13.3. The second kappa shape index (κ2) is 9.46. The first-order chi connectivity index (χ1) is 16.1. The zero-order chi connectivity index (χ0) is 22.7. The molecule has 0 radical (unpaired) electrons. The van der Waals surface area contributed by atoms with Gasteiger partial charge in [0.2, 0.25) is 0 Å². The lowest BCUT2D eigenvalue weighted by Crippen LogP contribution is -3.12. The quantitative estimate of drug-likeness (QED) is 0.422. The van der Waals surface area contributed by atoms with Crippen LogP contribution in [-0.2, 0) is 16.6 Å². The van der Waals surface area contributed by atoms with E-state index in [0.717, 1.165) is 43.8 Å². The minimum atomic E-state index is -3.74. The van der Waals surface area contributed by atoms with E-state index in [2.05, 4.69) is 39.0 Å². The summed E-state index contributed by atoms with van der Waals surface area (Å²) in [7, 11) is -3.74. The van der Waals surface area contributed by atoms with Crippen LogP contribution in [0, 0.1) is 0 Å². The maximum Gasteiger partial charge on any atom is 0.272 e. The summed E-state index contributed by atoms with van der Waals surface area (Å²) >= 11 is 1.16. The Bertz CT molecular complexity index is 1320. The Hall–Kier alpha value is -3.01. The standard InChI is InChI=1S/C24H24N5O2S2/c30-33(31,22-11-6-16-32-22)28-24-23(26-20-9-4-5-10-21(20)27-24)25-19-12-14-29(15-13-19)17-18-7-2-1-3-8-18/h1-11,16,19H,12-15,17H2,(H-,25,26,27,28)/q-1/p+1. The van der Waals surface area contributed by atoms with Gasteiger partial charge in [-0.05, 0) is 47.7 Å². The largest absolute Gasteiger partial charge is 0.459 e. The van der Waals surface area contributed by atoms with Crippen molar-refractivity contribution in [2.75, 3.05) is 17.8 Å². The molecule has 0 spiro atoms. The SMILES string of the molecule is O=S(=O)(Nc1nc2ccccc2nc1[N-]C1CC[NH+](Cc2ccccc2)CC1)c1cccs1. The fourth-order valence-electron chi connectivity index (χ4n) is 4.12. The summed E-state index contributed by atoms with van der Waals surface area (Å²) in [5.41, 5.74) is 2.67. The van der Waals surface area contributed by atoms with Crippen LogP contribution < -0.4 is 9.62 Å². The molecule has 4 aromatic rings. The van der Waals surface area contributed by atoms with Crippen molar-refractivity contribution in [3.8, 4) is 0 Å². The zero-order valence-corrected chi connectivity index (χ0v) is 19.6. The van der Waals surface area contributed by atoms with Crippen LogP contribution in [0.25, 0.3) is 16.4 Å². The molecule has 0 atom stereocenters. The molecule has 7 nitrogen and oxygen atoms in total. The first-order valence-electron chi connectivity index (χ1n) is 11.0. The maximum absolute atomic E-state index is 12.8. The summed E-state index contributed by atoms with van der Waals surface area (Å²) in [6, 6.07) is 21.3. The molecule has 0 amide bonds. The number of rotatable bonds is 7. The van der Waals surface area contributed by atoms with Crippen molar-refractivity contribution < 1.29 is 13.3 Å². The van der Waals surface area contributed by atoms with E-state index >= 15 is 0 Å². The Balaban J connectivity index is 1.33. The molecule has 1 aliphatic heterocycles. The number of nitrogens with zero attached hydrogens (tertiary/aromatic N) is 3. The number of piperidine rings is 1. The molecule has 1 aliphatic rings. The minimum absolute atomic E-state index is 0.0879. The van der Waals surface area contributed by atoms with Crippen molar-refractivity contribution >= 4 is 44.0 Å². The molecule has 2 aromatic heterocycles. The molecule has 2 aromatic carbocycles. The van der Waals surface area contributed by atoms with E-state index in [1.54, 1.807) is 17.5 Å². The number of sulfonamides is 1. The number of anilines is 1. The summed E-state index contributed by atoms with van der Waals surface area (Å²) in [6.45, 7) is 3.04. The van der Waals surface area contributed by atoms with E-state index in [0.29, 0.717) is 16.9 Å². The summed E-state index contributed by atoms with van der Waals surface area (Å²) < 4.78 is 28.6. The Labute approximate surface area is 197 Å². The smallest absolute Gasteiger partial charge is 0.272 e. The van der Waals surface area contributed by atoms with Gasteiger partial charge in [0.1, 0.15) is 16.6 Å². The van der Waals surface area contributed by atoms with Crippen LogP contribution in [-0.4, -0.2) is 37.5 Å². The van der Waals surface area contributed by atoms with Crippen LogP contribution in [0.4, 0.5) is 11.6 Å². The molecular weight excluding hydrogens is 454 g/mol. The van der Waals surface area contributed by atoms with Gasteiger partial charge in [-0.3, -0.25) is 4.72 Å². The number of para-hydroxylation sites is 2. The predicted molar refractivity (Wildman–Crippen MR) is 132 cm³/mol. The highest BCUT2D eigenvalue weighted by Gasteiger charge is 2.22. The second-order valence-corrected chi connectivity index (χ2v) is 11.1. The maximum atomic E-state index is 12.8. The fourth-order valence-corrected chi connectivity index (χ4v) is 6.11. The highest BCUT2D eigenvalue weighted by molar-refractivity contribution is 7.94. The second-order valence-electron chi connectivity index (χ2n) is 8.19. The van der Waals surface area contributed by atoms with Crippen molar-refractivity contribution in [2.45, 2.75) is 29.6 Å². The lowest BCUT2D eigenvalue weighted by molar-refractivity contribution is -0.918. The molecule has 1 saturated heterocycles. The molecule has 9 heteroatoms. The van der Waals surface area contributed by atoms with Gasteiger partial charge in [-0.1, -0.05) is 54.6 Å². The number of hydrogen-bond donors (Lipinski definition) is 2. The topological polar surface area (TPSA) is 90.5 Å². The third-order valence-electron chi connectivity index (χ3n) is 5.81. The summed E-state index contributed by atoms with van der Waals surface area (Å²) in [5.74, 6) is 0.534. The minimum Gasteiger partial charge on any atom is -0.459 e. The monoisotopic (exact) mass is 479 g/mol. The number of fused-ring (bicyclic) bond motifs is 1. The van der Waals surface area contributed by atoms with Crippen molar-refractivity contribution in [3.63, 3.8) is 0 Å². The molecule has 2 N–H and O–H groups in total. The lowest BCUT2D eigenvalue weighted by Gasteiger charge is -2.34. The average molecular weight is 480 g/mol. The molecule has 1 fully saturated rings. The number of benzene rings is 2. The van der Waals surface area contributed by atoms with Crippen LogP contribution in [0.2, 0.25) is 0 Å². The van der Waals surface area contributed by atoms with Gasteiger partial charge >= 0.3 is 0 Å². The fraction of sp³-hybridized carbons (Fsp3) is 0.250. The van der Waals surface area contributed by atoms with E-state index in [4.69, 9.17) is 5.32 Å². The van der Waals surface area contributed by atoms with E-state index < -0.39 is 10.0 Å². The number of likely N-dealkylation sites (tertiary alicyclic amines) is 1. The number of thiophene rings is 1. The first kappa shape index (κ1) is 21.8. The Morgan fingerprint density at radius 3 is 2.33 bits per heavy atom. The van der Waals surface area contributed by atoms with Crippen LogP contribution in [0.15, 0.2) is 76.3 Å². The van der Waals surface area contributed by atoms with Gasteiger partial charge in [0.05, 0.1) is 18.6 Å². The number of quaternary nitrogens is 1. The van der Waals surface area contributed by atoms with E-state index in [9.17, 15) is 8.42 Å². The van der Waals surface area contributed by atoms with E-state index in [1.165, 1.54) is 10.5 Å². The third kappa shape index (κ3) is 5.16. The van der Waals surface area contributed by atoms with Gasteiger partial charge < -0.3 is 15.2 Å². The molecular formula is C24H25N5O2S2. The van der Waals surface area contributed by atoms with Crippen LogP contribution in [0.1, 0.15) is 18.4 Å². The van der Waals surface area contributed by atoms with Crippen molar-refractivity contribution in [1.82, 2.24) is 9.97 Å². The molecule has 0 bridgehead atoms. The number of aromatic nitrogens is 2. The molecule has 0 aliphatic carbocycles. The van der Waals surface area contributed by atoms with Crippen molar-refractivity contribution in [1.29, 1.82) is 0 Å². The summed E-state index contributed by atoms with van der Waals surface area (Å²) in [4.78, 5) is 10.8. The van der Waals surface area contributed by atoms with Gasteiger partial charge in [-0.2, -0.15) is 0 Å². The Morgan fingerprint density at radius 1 is 0.939 bits per heavy atom. The van der Waals surface area contributed by atoms with Crippen LogP contribution in [0.5, 0.6) is 0 Å². The van der Waals surface area contributed by atoms with Crippen LogP contribution in [0.3, 0.4) is 0 Å². The molecule has 0 saturated carbocycles. The van der Waals surface area contributed by atoms with Crippen molar-refractivity contribution in [2.24, 2.45) is 0 Å². The Morgan fingerprint density at radius 2 is 1.64 bits per heavy atom. The van der Waals surface area contributed by atoms with E-state index in [-0.39, 0.29) is 16.1 Å². The highest BCUT2D eigenvalue weighted by Crippen LogP contribution is 2.33. The van der Waals surface area contributed by atoms with Gasteiger partial charge in [0.25, 0.3) is 10.0 Å². The zero-order valence-electron chi connectivity index (χ0n) is 18.0. The van der Waals surface area contributed by atoms with E-state index in [1.807, 2.05) is 30.3 Å². The molecule has 3 heterocycles.